The quantitative estimate of drug-likeness (QED) is 0.261. The normalized spacial score (nSPS) is 10.9. The lowest BCUT2D eigenvalue weighted by Crippen LogP contribution is -2.04. The van der Waals surface area contributed by atoms with Gasteiger partial charge in [-0.3, -0.25) is 0 Å². The lowest BCUT2D eigenvalue weighted by molar-refractivity contribution is 0.144. The largest absolute Gasteiger partial charge is 0.511 e. The highest BCUT2D eigenvalue weighted by Gasteiger charge is 2.13. The van der Waals surface area contributed by atoms with Gasteiger partial charge in [-0.25, -0.2) is 9.78 Å². The molecule has 0 amide bonds. The van der Waals surface area contributed by atoms with Crippen molar-refractivity contribution < 1.29 is 14.6 Å². The van der Waals surface area contributed by atoms with Crippen molar-refractivity contribution in [2.24, 2.45) is 0 Å². The number of benzene rings is 4. The van der Waals surface area contributed by atoms with E-state index in [0.717, 1.165) is 39.1 Å². The Labute approximate surface area is 185 Å². The van der Waals surface area contributed by atoms with E-state index in [1.54, 1.807) is 12.1 Å². The van der Waals surface area contributed by atoms with E-state index in [9.17, 15) is 4.79 Å². The van der Waals surface area contributed by atoms with Crippen molar-refractivity contribution in [1.82, 2.24) is 9.55 Å². The first-order valence-corrected chi connectivity index (χ1v) is 10.3. The van der Waals surface area contributed by atoms with Gasteiger partial charge in [-0.1, -0.05) is 84.9 Å². The first-order valence-electron chi connectivity index (χ1n) is 10.3. The van der Waals surface area contributed by atoms with Gasteiger partial charge in [0.05, 0.1) is 11.0 Å². The second-order valence-electron chi connectivity index (χ2n) is 7.44. The van der Waals surface area contributed by atoms with Crippen LogP contribution in [0.2, 0.25) is 0 Å². The summed E-state index contributed by atoms with van der Waals surface area (Å²) in [6, 6.07) is 33.5. The minimum atomic E-state index is -1.32. The number of carboxylic acid groups (broad SMARTS) is 1. The zero-order valence-corrected chi connectivity index (χ0v) is 17.2. The Bertz CT molecular complexity index is 1390. The summed E-state index contributed by atoms with van der Waals surface area (Å²) in [7, 11) is 0. The van der Waals surface area contributed by atoms with Crippen LogP contribution in [0.3, 0.4) is 0 Å². The van der Waals surface area contributed by atoms with E-state index in [-0.39, 0.29) is 0 Å². The molecule has 156 valence electrons. The summed E-state index contributed by atoms with van der Waals surface area (Å²) in [5.74, 6) is 1.25. The first-order chi connectivity index (χ1) is 15.7. The highest BCUT2D eigenvalue weighted by Crippen LogP contribution is 2.31. The lowest BCUT2D eigenvalue weighted by Gasteiger charge is -2.12. The SMILES string of the molecule is O=C(O)Oc1ccccc1-c1ccc(Cn2c(-c3ccccc3)nc3ccccc32)cc1. The molecule has 0 saturated heterocycles. The Kier molecular flexibility index (Phi) is 5.14. The van der Waals surface area contributed by atoms with Crippen LogP contribution in [0, 0.1) is 0 Å². The fourth-order valence-corrected chi connectivity index (χ4v) is 3.90. The van der Waals surface area contributed by atoms with Gasteiger partial charge in [0.2, 0.25) is 0 Å². The van der Waals surface area contributed by atoms with Crippen molar-refractivity contribution in [3.8, 4) is 28.3 Å². The van der Waals surface area contributed by atoms with Gasteiger partial charge in [0.15, 0.2) is 0 Å². The summed E-state index contributed by atoms with van der Waals surface area (Å²) >= 11 is 0. The fraction of sp³-hybridized carbons (Fsp3) is 0.0370. The number of fused-ring (bicyclic) bond motifs is 1. The Morgan fingerprint density at radius 2 is 1.47 bits per heavy atom. The molecule has 0 saturated carbocycles. The Morgan fingerprint density at radius 3 is 2.25 bits per heavy atom. The molecule has 4 aromatic carbocycles. The van der Waals surface area contributed by atoms with E-state index in [1.165, 1.54) is 0 Å². The van der Waals surface area contributed by atoms with Crippen LogP contribution in [0.1, 0.15) is 5.56 Å². The second-order valence-corrected chi connectivity index (χ2v) is 7.44. The third-order valence-electron chi connectivity index (χ3n) is 5.38. The maximum absolute atomic E-state index is 11.0. The Morgan fingerprint density at radius 1 is 0.781 bits per heavy atom. The molecule has 5 nitrogen and oxygen atoms in total. The number of ether oxygens (including phenoxy) is 1. The molecule has 0 aliphatic carbocycles. The van der Waals surface area contributed by atoms with Gasteiger partial charge in [-0.2, -0.15) is 0 Å². The monoisotopic (exact) mass is 420 g/mol. The van der Waals surface area contributed by atoms with Crippen molar-refractivity contribution in [1.29, 1.82) is 0 Å². The van der Waals surface area contributed by atoms with Crippen molar-refractivity contribution in [3.05, 3.63) is 109 Å². The molecule has 0 aliphatic rings. The topological polar surface area (TPSA) is 64.3 Å². The average Bonchev–Trinajstić information content (AvgIpc) is 3.19. The van der Waals surface area contributed by atoms with Crippen molar-refractivity contribution in [2.75, 3.05) is 0 Å². The minimum Gasteiger partial charge on any atom is -0.449 e. The average molecular weight is 420 g/mol. The van der Waals surface area contributed by atoms with Crippen LogP contribution in [0.4, 0.5) is 4.79 Å². The number of aromatic nitrogens is 2. The smallest absolute Gasteiger partial charge is 0.449 e. The predicted octanol–water partition coefficient (Wildman–Crippen LogP) is 6.48. The Hall–Kier alpha value is -4.38. The molecule has 5 aromatic rings. The highest BCUT2D eigenvalue weighted by molar-refractivity contribution is 5.81. The van der Waals surface area contributed by atoms with Crippen molar-refractivity contribution >= 4 is 17.2 Å². The summed E-state index contributed by atoms with van der Waals surface area (Å²) in [5, 5.41) is 9.00. The molecular weight excluding hydrogens is 400 g/mol. The number of nitrogens with zero attached hydrogens (tertiary/aromatic N) is 2. The molecule has 0 fully saturated rings. The second kappa shape index (κ2) is 8.40. The Balaban J connectivity index is 1.51. The molecule has 0 atom stereocenters. The lowest BCUT2D eigenvalue weighted by atomic mass is 10.0. The number of para-hydroxylation sites is 3. The molecular formula is C27H20N2O3. The molecule has 0 aliphatic heterocycles. The van der Waals surface area contributed by atoms with Gasteiger partial charge >= 0.3 is 6.16 Å². The zero-order chi connectivity index (χ0) is 21.9. The maximum Gasteiger partial charge on any atom is 0.511 e. The van der Waals surface area contributed by atoms with Gasteiger partial charge in [0, 0.05) is 17.7 Å². The summed E-state index contributed by atoms with van der Waals surface area (Å²) in [5.41, 5.74) is 5.85. The number of hydrogen-bond acceptors (Lipinski definition) is 3. The summed E-state index contributed by atoms with van der Waals surface area (Å²) in [6.07, 6.45) is -1.32. The highest BCUT2D eigenvalue weighted by atomic mass is 16.7. The van der Waals surface area contributed by atoms with Gasteiger partial charge < -0.3 is 14.4 Å². The van der Waals surface area contributed by atoms with Crippen LogP contribution in [0.5, 0.6) is 5.75 Å². The van der Waals surface area contributed by atoms with E-state index < -0.39 is 6.16 Å². The summed E-state index contributed by atoms with van der Waals surface area (Å²) < 4.78 is 7.16. The van der Waals surface area contributed by atoms with E-state index in [1.807, 2.05) is 60.7 Å². The van der Waals surface area contributed by atoms with Crippen LogP contribution < -0.4 is 4.74 Å². The molecule has 1 aromatic heterocycles. The van der Waals surface area contributed by atoms with Crippen LogP contribution in [0.15, 0.2) is 103 Å². The zero-order valence-electron chi connectivity index (χ0n) is 17.2. The van der Waals surface area contributed by atoms with Gasteiger partial charge in [0.1, 0.15) is 11.6 Å². The molecule has 5 rings (SSSR count). The third-order valence-corrected chi connectivity index (χ3v) is 5.38. The predicted molar refractivity (Wildman–Crippen MR) is 125 cm³/mol. The van der Waals surface area contributed by atoms with Gasteiger partial charge in [-0.05, 0) is 29.3 Å². The summed E-state index contributed by atoms with van der Waals surface area (Å²) in [4.78, 5) is 15.9. The van der Waals surface area contributed by atoms with Gasteiger partial charge in [0.25, 0.3) is 0 Å². The summed E-state index contributed by atoms with van der Waals surface area (Å²) in [6.45, 7) is 0.665. The fourth-order valence-electron chi connectivity index (χ4n) is 3.90. The van der Waals surface area contributed by atoms with Gasteiger partial charge in [-0.15, -0.1) is 0 Å². The molecule has 0 spiro atoms. The molecule has 32 heavy (non-hydrogen) atoms. The van der Waals surface area contributed by atoms with Crippen molar-refractivity contribution in [2.45, 2.75) is 6.54 Å². The number of rotatable bonds is 5. The molecule has 0 bridgehead atoms. The van der Waals surface area contributed by atoms with E-state index in [2.05, 4.69) is 34.9 Å². The van der Waals surface area contributed by atoms with E-state index in [0.29, 0.717) is 12.3 Å². The van der Waals surface area contributed by atoms with Crippen LogP contribution in [-0.4, -0.2) is 20.8 Å². The third kappa shape index (κ3) is 3.84. The molecule has 5 heteroatoms. The first kappa shape index (κ1) is 19.6. The standard InChI is InChI=1S/C27H20N2O3/c30-27(31)32-25-13-7-4-10-22(25)20-16-14-19(15-17-20)18-29-24-12-6-5-11-23(24)28-26(29)21-8-2-1-3-9-21/h1-17H,18H2,(H,30,31). The molecule has 0 unspecified atom stereocenters. The minimum absolute atomic E-state index is 0.319. The van der Waals surface area contributed by atoms with Crippen LogP contribution in [0.25, 0.3) is 33.5 Å². The van der Waals surface area contributed by atoms with Crippen LogP contribution in [-0.2, 0) is 6.54 Å². The number of carbonyl (C=O) groups is 1. The van der Waals surface area contributed by atoms with Crippen LogP contribution >= 0.6 is 0 Å². The van der Waals surface area contributed by atoms with E-state index >= 15 is 0 Å². The van der Waals surface area contributed by atoms with E-state index in [4.69, 9.17) is 14.8 Å². The molecule has 0 radical (unpaired) electrons. The number of imidazole rings is 1. The molecule has 1 heterocycles. The molecule has 1 N–H and O–H groups in total. The maximum atomic E-state index is 11.0. The van der Waals surface area contributed by atoms with Crippen molar-refractivity contribution in [3.63, 3.8) is 0 Å². The number of hydrogen-bond donors (Lipinski definition) is 1.